The van der Waals surface area contributed by atoms with E-state index in [0.29, 0.717) is 28.6 Å². The van der Waals surface area contributed by atoms with Crippen LogP contribution in [0.3, 0.4) is 0 Å². The van der Waals surface area contributed by atoms with Crippen molar-refractivity contribution in [2.45, 2.75) is 6.61 Å². The smallest absolute Gasteiger partial charge is 0.270 e. The van der Waals surface area contributed by atoms with Crippen LogP contribution in [0.2, 0.25) is 5.02 Å². The minimum Gasteiger partial charge on any atom is -0.489 e. The van der Waals surface area contributed by atoms with E-state index < -0.39 is 11.8 Å². The molecule has 1 fully saturated rings. The lowest BCUT2D eigenvalue weighted by Crippen LogP contribution is -2.54. The fraction of sp³-hybridized carbons (Fsp3) is 0.0417. The van der Waals surface area contributed by atoms with Crippen LogP contribution >= 0.6 is 23.8 Å². The third-order valence-corrected chi connectivity index (χ3v) is 5.16. The molecule has 1 heterocycles. The van der Waals surface area contributed by atoms with Crippen molar-refractivity contribution in [3.8, 4) is 5.75 Å². The molecule has 3 aromatic rings. The first kappa shape index (κ1) is 20.8. The Morgan fingerprint density at radius 1 is 0.935 bits per heavy atom. The molecule has 4 rings (SSSR count). The number of hydrogen-bond donors (Lipinski definition) is 1. The predicted molar refractivity (Wildman–Crippen MR) is 125 cm³/mol. The van der Waals surface area contributed by atoms with E-state index in [1.807, 2.05) is 30.3 Å². The van der Waals surface area contributed by atoms with E-state index in [1.54, 1.807) is 48.5 Å². The van der Waals surface area contributed by atoms with Crippen molar-refractivity contribution < 1.29 is 14.3 Å². The lowest BCUT2D eigenvalue weighted by Gasteiger charge is -2.28. The van der Waals surface area contributed by atoms with E-state index in [9.17, 15) is 9.59 Å². The summed E-state index contributed by atoms with van der Waals surface area (Å²) in [6.07, 6.45) is 1.53. The van der Waals surface area contributed by atoms with Crippen LogP contribution in [0.25, 0.3) is 6.08 Å². The number of thiocarbonyl (C=S) groups is 1. The number of nitrogens with zero attached hydrogens (tertiary/aromatic N) is 1. The van der Waals surface area contributed by atoms with Crippen molar-refractivity contribution in [1.29, 1.82) is 0 Å². The molecule has 0 radical (unpaired) electrons. The van der Waals surface area contributed by atoms with Gasteiger partial charge in [-0.25, -0.2) is 0 Å². The molecule has 3 aromatic carbocycles. The summed E-state index contributed by atoms with van der Waals surface area (Å²) >= 11 is 11.1. The fourth-order valence-corrected chi connectivity index (χ4v) is 3.46. The molecule has 2 amide bonds. The second-order valence-electron chi connectivity index (χ2n) is 6.78. The molecule has 0 aromatic heterocycles. The fourth-order valence-electron chi connectivity index (χ4n) is 3.05. The lowest BCUT2D eigenvalue weighted by atomic mass is 10.1. The Morgan fingerprint density at radius 2 is 1.61 bits per heavy atom. The Kier molecular flexibility index (Phi) is 6.11. The highest BCUT2D eigenvalue weighted by Crippen LogP contribution is 2.24. The first-order valence-corrected chi connectivity index (χ1v) is 10.2. The maximum Gasteiger partial charge on any atom is 0.270 e. The van der Waals surface area contributed by atoms with Gasteiger partial charge in [-0.1, -0.05) is 54.1 Å². The molecule has 0 atom stereocenters. The molecule has 0 bridgehead atoms. The standard InChI is InChI=1S/C24H17ClN2O3S/c25-18-8-10-19(11-9-18)27-23(29)21(22(28)26-24(27)31)14-16-6-12-20(13-7-16)30-15-17-4-2-1-3-5-17/h1-14H,15H2,(H,26,28,31)/b21-14+. The maximum atomic E-state index is 13.0. The molecule has 5 nitrogen and oxygen atoms in total. The van der Waals surface area contributed by atoms with Gasteiger partial charge in [0.25, 0.3) is 11.8 Å². The second kappa shape index (κ2) is 9.12. The van der Waals surface area contributed by atoms with E-state index in [0.717, 1.165) is 5.56 Å². The average Bonchev–Trinajstić information content (AvgIpc) is 2.78. The SMILES string of the molecule is O=C1NC(=S)N(c2ccc(Cl)cc2)C(=O)/C1=C/c1ccc(OCc2ccccc2)cc1. The van der Waals surface area contributed by atoms with Crippen molar-refractivity contribution in [1.82, 2.24) is 5.32 Å². The van der Waals surface area contributed by atoms with Crippen LogP contribution in [0, 0.1) is 0 Å². The Hall–Kier alpha value is -3.48. The number of nitrogens with one attached hydrogen (secondary N) is 1. The van der Waals surface area contributed by atoms with E-state index in [-0.39, 0.29) is 10.7 Å². The number of amides is 2. The molecule has 1 aliphatic heterocycles. The van der Waals surface area contributed by atoms with Gasteiger partial charge in [0.1, 0.15) is 17.9 Å². The monoisotopic (exact) mass is 448 g/mol. The number of halogens is 1. The summed E-state index contributed by atoms with van der Waals surface area (Å²) in [5.41, 5.74) is 2.27. The minimum atomic E-state index is -0.537. The topological polar surface area (TPSA) is 58.6 Å². The van der Waals surface area contributed by atoms with Gasteiger partial charge in [0.05, 0.1) is 5.69 Å². The quantitative estimate of drug-likeness (QED) is 0.347. The summed E-state index contributed by atoms with van der Waals surface area (Å²) in [7, 11) is 0. The van der Waals surface area contributed by atoms with Gasteiger partial charge in [0.15, 0.2) is 5.11 Å². The first-order valence-electron chi connectivity index (χ1n) is 9.45. The normalized spacial score (nSPS) is 15.2. The molecule has 1 aliphatic rings. The Labute approximate surface area is 189 Å². The van der Waals surface area contributed by atoms with Gasteiger partial charge in [-0.3, -0.25) is 19.8 Å². The largest absolute Gasteiger partial charge is 0.489 e. The minimum absolute atomic E-state index is 0.0125. The molecular formula is C24H17ClN2O3S. The highest BCUT2D eigenvalue weighted by molar-refractivity contribution is 7.80. The summed E-state index contributed by atoms with van der Waals surface area (Å²) in [5.74, 6) is -0.348. The van der Waals surface area contributed by atoms with E-state index >= 15 is 0 Å². The highest BCUT2D eigenvalue weighted by Gasteiger charge is 2.34. The molecule has 154 valence electrons. The maximum absolute atomic E-state index is 13.0. The average molecular weight is 449 g/mol. The summed E-state index contributed by atoms with van der Waals surface area (Å²) in [5, 5.41) is 3.13. The van der Waals surface area contributed by atoms with E-state index in [4.69, 9.17) is 28.6 Å². The molecule has 31 heavy (non-hydrogen) atoms. The zero-order valence-corrected chi connectivity index (χ0v) is 17.8. The van der Waals surface area contributed by atoms with Crippen LogP contribution in [0.4, 0.5) is 5.69 Å². The van der Waals surface area contributed by atoms with Crippen molar-refractivity contribution in [2.75, 3.05) is 4.90 Å². The number of carbonyl (C=O) groups is 2. The summed E-state index contributed by atoms with van der Waals surface area (Å²) < 4.78 is 5.77. The molecule has 0 saturated carbocycles. The molecule has 0 aliphatic carbocycles. The van der Waals surface area contributed by atoms with Crippen molar-refractivity contribution in [2.24, 2.45) is 0 Å². The highest BCUT2D eigenvalue weighted by atomic mass is 35.5. The van der Waals surface area contributed by atoms with Gasteiger partial charge < -0.3 is 4.74 Å². The first-order chi connectivity index (χ1) is 15.0. The van der Waals surface area contributed by atoms with Gasteiger partial charge in [-0.05, 0) is 65.8 Å². The third-order valence-electron chi connectivity index (χ3n) is 4.63. The van der Waals surface area contributed by atoms with E-state index in [1.165, 1.54) is 11.0 Å². The predicted octanol–water partition coefficient (Wildman–Crippen LogP) is 4.75. The molecule has 1 saturated heterocycles. The molecular weight excluding hydrogens is 432 g/mol. The van der Waals surface area contributed by atoms with Crippen LogP contribution < -0.4 is 15.0 Å². The van der Waals surface area contributed by atoms with Gasteiger partial charge in [0.2, 0.25) is 0 Å². The lowest BCUT2D eigenvalue weighted by molar-refractivity contribution is -0.122. The number of anilines is 1. The number of carbonyl (C=O) groups excluding carboxylic acids is 2. The number of ether oxygens (including phenoxy) is 1. The van der Waals surface area contributed by atoms with E-state index in [2.05, 4.69) is 5.32 Å². The Balaban J connectivity index is 1.52. The van der Waals surface area contributed by atoms with Crippen LogP contribution in [0.5, 0.6) is 5.75 Å². The molecule has 1 N–H and O–H groups in total. The molecule has 0 spiro atoms. The molecule has 0 unspecified atom stereocenters. The van der Waals surface area contributed by atoms with Gasteiger partial charge in [-0.2, -0.15) is 0 Å². The van der Waals surface area contributed by atoms with Gasteiger partial charge in [-0.15, -0.1) is 0 Å². The Bertz CT molecular complexity index is 1160. The number of rotatable bonds is 5. The zero-order chi connectivity index (χ0) is 21.8. The summed E-state index contributed by atoms with van der Waals surface area (Å²) in [6, 6.07) is 23.6. The van der Waals surface area contributed by atoms with Crippen molar-refractivity contribution >= 4 is 52.5 Å². The van der Waals surface area contributed by atoms with Crippen LogP contribution in [0.15, 0.2) is 84.4 Å². The van der Waals surface area contributed by atoms with Gasteiger partial charge >= 0.3 is 0 Å². The summed E-state index contributed by atoms with van der Waals surface area (Å²) in [4.78, 5) is 26.7. The van der Waals surface area contributed by atoms with Crippen molar-refractivity contribution in [3.05, 3.63) is 101 Å². The zero-order valence-electron chi connectivity index (χ0n) is 16.2. The van der Waals surface area contributed by atoms with Crippen LogP contribution in [0.1, 0.15) is 11.1 Å². The Morgan fingerprint density at radius 3 is 2.29 bits per heavy atom. The number of benzene rings is 3. The molecule has 7 heteroatoms. The third kappa shape index (κ3) is 4.82. The van der Waals surface area contributed by atoms with Gasteiger partial charge in [0, 0.05) is 5.02 Å². The van der Waals surface area contributed by atoms with Crippen LogP contribution in [-0.2, 0) is 16.2 Å². The summed E-state index contributed by atoms with van der Waals surface area (Å²) in [6.45, 7) is 0.454. The van der Waals surface area contributed by atoms with Crippen molar-refractivity contribution in [3.63, 3.8) is 0 Å². The van der Waals surface area contributed by atoms with Crippen LogP contribution in [-0.4, -0.2) is 16.9 Å². The number of hydrogen-bond acceptors (Lipinski definition) is 4. The second-order valence-corrected chi connectivity index (χ2v) is 7.60.